The van der Waals surface area contributed by atoms with Crippen molar-refractivity contribution < 1.29 is 4.74 Å². The lowest BCUT2D eigenvalue weighted by atomic mass is 10.2. The maximum Gasteiger partial charge on any atom is 0.188 e. The fourth-order valence-electron chi connectivity index (χ4n) is 1.64. The number of aliphatic imine (C=N–C) groups is 1. The largest absolute Gasteiger partial charge is 0.494 e. The van der Waals surface area contributed by atoms with Crippen LogP contribution in [0, 0.1) is 6.92 Å². The molecule has 0 bridgehead atoms. The number of ether oxygens (including phenoxy) is 1. The van der Waals surface area contributed by atoms with Crippen molar-refractivity contribution in [2.75, 3.05) is 13.2 Å². The highest BCUT2D eigenvalue weighted by atomic mass is 16.5. The Morgan fingerprint density at radius 2 is 2.00 bits per heavy atom. The van der Waals surface area contributed by atoms with Gasteiger partial charge in [-0.15, -0.1) is 0 Å². The van der Waals surface area contributed by atoms with Gasteiger partial charge in [0.2, 0.25) is 0 Å². The number of nitrogens with one attached hydrogen (secondary N) is 1. The van der Waals surface area contributed by atoms with Gasteiger partial charge in [-0.25, -0.2) is 0 Å². The third-order valence-electron chi connectivity index (χ3n) is 3.13. The minimum Gasteiger partial charge on any atom is -0.494 e. The monoisotopic (exact) mass is 277 g/mol. The zero-order chi connectivity index (χ0) is 14.8. The van der Waals surface area contributed by atoms with Gasteiger partial charge in [0.15, 0.2) is 5.96 Å². The lowest BCUT2D eigenvalue weighted by molar-refractivity contribution is 0.308. The molecule has 0 spiro atoms. The second-order valence-corrected chi connectivity index (χ2v) is 5.09. The van der Waals surface area contributed by atoms with Crippen LogP contribution >= 0.6 is 0 Å². The van der Waals surface area contributed by atoms with E-state index in [1.165, 1.54) is 5.56 Å². The molecule has 0 aliphatic carbocycles. The van der Waals surface area contributed by atoms with Crippen molar-refractivity contribution in [3.05, 3.63) is 29.8 Å². The van der Waals surface area contributed by atoms with Crippen molar-refractivity contribution >= 4 is 5.96 Å². The van der Waals surface area contributed by atoms with Gasteiger partial charge < -0.3 is 15.8 Å². The van der Waals surface area contributed by atoms with Crippen molar-refractivity contribution in [3.63, 3.8) is 0 Å². The third-order valence-corrected chi connectivity index (χ3v) is 3.13. The summed E-state index contributed by atoms with van der Waals surface area (Å²) in [6, 6.07) is 8.49. The van der Waals surface area contributed by atoms with Crippen molar-refractivity contribution in [1.82, 2.24) is 5.32 Å². The number of benzene rings is 1. The molecule has 20 heavy (non-hydrogen) atoms. The average Bonchev–Trinajstić information content (AvgIpc) is 2.44. The first-order chi connectivity index (χ1) is 9.61. The number of rotatable bonds is 8. The van der Waals surface area contributed by atoms with Crippen molar-refractivity contribution in [1.29, 1.82) is 0 Å². The van der Waals surface area contributed by atoms with Crippen LogP contribution in [0.1, 0.15) is 38.7 Å². The zero-order valence-corrected chi connectivity index (χ0v) is 12.9. The Bertz CT molecular complexity index is 401. The van der Waals surface area contributed by atoms with E-state index in [9.17, 15) is 0 Å². The van der Waals surface area contributed by atoms with Crippen LogP contribution in [0.4, 0.5) is 0 Å². The lowest BCUT2D eigenvalue weighted by Crippen LogP contribution is -2.38. The highest BCUT2D eigenvalue weighted by Gasteiger charge is 1.98. The summed E-state index contributed by atoms with van der Waals surface area (Å²) in [6.07, 6.45) is 3.00. The van der Waals surface area contributed by atoms with E-state index in [1.807, 2.05) is 12.1 Å². The fraction of sp³-hybridized carbons (Fsp3) is 0.562. The molecule has 3 N–H and O–H groups in total. The number of nitrogens with zero attached hydrogens (tertiary/aromatic N) is 1. The van der Waals surface area contributed by atoms with Gasteiger partial charge in [0, 0.05) is 12.6 Å². The molecule has 0 radical (unpaired) electrons. The highest BCUT2D eigenvalue weighted by molar-refractivity contribution is 5.78. The molecule has 0 aromatic heterocycles. The van der Waals surface area contributed by atoms with Gasteiger partial charge in [-0.05, 0) is 45.2 Å². The van der Waals surface area contributed by atoms with E-state index in [2.05, 4.69) is 43.2 Å². The summed E-state index contributed by atoms with van der Waals surface area (Å²) in [5.74, 6) is 1.47. The minimum atomic E-state index is 0.378. The number of guanidine groups is 1. The molecule has 0 fully saturated rings. The van der Waals surface area contributed by atoms with Crippen molar-refractivity contribution in [2.45, 2.75) is 46.1 Å². The molecule has 1 unspecified atom stereocenters. The molecule has 4 heteroatoms. The average molecular weight is 277 g/mol. The molecule has 0 aliphatic heterocycles. The number of unbranched alkanes of at least 4 members (excludes halogenated alkanes) is 1. The molecule has 0 saturated carbocycles. The summed E-state index contributed by atoms with van der Waals surface area (Å²) >= 11 is 0. The quantitative estimate of drug-likeness (QED) is 0.436. The van der Waals surface area contributed by atoms with Crippen LogP contribution in [0.15, 0.2) is 29.3 Å². The minimum absolute atomic E-state index is 0.378. The van der Waals surface area contributed by atoms with Crippen LogP contribution in [-0.2, 0) is 0 Å². The number of hydrogen-bond acceptors (Lipinski definition) is 2. The molecule has 0 heterocycles. The van der Waals surface area contributed by atoms with Crippen LogP contribution in [-0.4, -0.2) is 25.2 Å². The van der Waals surface area contributed by atoms with Gasteiger partial charge in [-0.3, -0.25) is 4.99 Å². The summed E-state index contributed by atoms with van der Waals surface area (Å²) < 4.78 is 5.65. The van der Waals surface area contributed by atoms with Gasteiger partial charge >= 0.3 is 0 Å². The molecule has 1 rings (SSSR count). The molecule has 1 aromatic carbocycles. The first-order valence-corrected chi connectivity index (χ1v) is 7.37. The maximum atomic E-state index is 5.78. The summed E-state index contributed by atoms with van der Waals surface area (Å²) in [4.78, 5) is 4.30. The fourth-order valence-corrected chi connectivity index (χ4v) is 1.64. The Morgan fingerprint density at radius 3 is 2.65 bits per heavy atom. The number of nitrogens with two attached hydrogens (primary N) is 1. The molecule has 0 aliphatic rings. The summed E-state index contributed by atoms with van der Waals surface area (Å²) in [5, 5.41) is 3.15. The van der Waals surface area contributed by atoms with Crippen molar-refractivity contribution in [3.8, 4) is 5.75 Å². The van der Waals surface area contributed by atoms with E-state index in [-0.39, 0.29) is 0 Å². The Hall–Kier alpha value is -1.71. The summed E-state index contributed by atoms with van der Waals surface area (Å²) in [5.41, 5.74) is 7.02. The summed E-state index contributed by atoms with van der Waals surface area (Å²) in [7, 11) is 0. The molecule has 0 amide bonds. The third kappa shape index (κ3) is 7.02. The predicted molar refractivity (Wildman–Crippen MR) is 85.3 cm³/mol. The van der Waals surface area contributed by atoms with Gasteiger partial charge in [0.25, 0.3) is 0 Å². The topological polar surface area (TPSA) is 59.6 Å². The molecule has 112 valence electrons. The van der Waals surface area contributed by atoms with Crippen LogP contribution in [0.5, 0.6) is 5.75 Å². The standard InChI is InChI=1S/C16H27N3O/c1-4-14(3)19-16(17)18-11-5-6-12-20-15-9-7-13(2)8-10-15/h7-10,14H,4-6,11-12H2,1-3H3,(H3,17,18,19). The molecular weight excluding hydrogens is 250 g/mol. The van der Waals surface area contributed by atoms with E-state index in [0.717, 1.165) is 38.2 Å². The van der Waals surface area contributed by atoms with Crippen molar-refractivity contribution in [2.24, 2.45) is 10.7 Å². The zero-order valence-electron chi connectivity index (χ0n) is 12.9. The first kappa shape index (κ1) is 16.3. The lowest BCUT2D eigenvalue weighted by Gasteiger charge is -2.11. The second-order valence-electron chi connectivity index (χ2n) is 5.09. The molecular formula is C16H27N3O. The number of aryl methyl sites for hydroxylation is 1. The normalized spacial score (nSPS) is 13.1. The van der Waals surface area contributed by atoms with E-state index >= 15 is 0 Å². The van der Waals surface area contributed by atoms with Gasteiger partial charge in [-0.2, -0.15) is 0 Å². The molecule has 1 aromatic rings. The van der Waals surface area contributed by atoms with Crippen LogP contribution in [0.3, 0.4) is 0 Å². The van der Waals surface area contributed by atoms with E-state index in [4.69, 9.17) is 10.5 Å². The highest BCUT2D eigenvalue weighted by Crippen LogP contribution is 2.11. The number of hydrogen-bond donors (Lipinski definition) is 2. The van der Waals surface area contributed by atoms with Gasteiger partial charge in [0.05, 0.1) is 6.61 Å². The molecule has 0 saturated heterocycles. The van der Waals surface area contributed by atoms with Crippen LogP contribution < -0.4 is 15.8 Å². The van der Waals surface area contributed by atoms with Crippen LogP contribution in [0.25, 0.3) is 0 Å². The Balaban J connectivity index is 2.10. The Morgan fingerprint density at radius 1 is 1.30 bits per heavy atom. The SMILES string of the molecule is CCC(C)NC(N)=NCCCCOc1ccc(C)cc1. The molecule has 4 nitrogen and oxygen atoms in total. The Kier molecular flexibility index (Phi) is 7.55. The predicted octanol–water partition coefficient (Wildman–Crippen LogP) is 2.86. The van der Waals surface area contributed by atoms with E-state index < -0.39 is 0 Å². The van der Waals surface area contributed by atoms with Gasteiger partial charge in [0.1, 0.15) is 5.75 Å². The Labute approximate surface area is 122 Å². The van der Waals surface area contributed by atoms with E-state index in [0.29, 0.717) is 12.0 Å². The maximum absolute atomic E-state index is 5.78. The van der Waals surface area contributed by atoms with E-state index in [1.54, 1.807) is 0 Å². The summed E-state index contributed by atoms with van der Waals surface area (Å²) in [6.45, 7) is 7.74. The van der Waals surface area contributed by atoms with Gasteiger partial charge in [-0.1, -0.05) is 24.6 Å². The first-order valence-electron chi connectivity index (χ1n) is 7.37. The smallest absolute Gasteiger partial charge is 0.188 e. The van der Waals surface area contributed by atoms with Crippen LogP contribution in [0.2, 0.25) is 0 Å². The second kappa shape index (κ2) is 9.23. The molecule has 1 atom stereocenters.